The van der Waals surface area contributed by atoms with Gasteiger partial charge in [-0.3, -0.25) is 9.78 Å². The second-order valence-corrected chi connectivity index (χ2v) is 7.64. The molecule has 0 saturated carbocycles. The molecule has 9 nitrogen and oxygen atoms in total. The molecule has 3 heterocycles. The minimum Gasteiger partial charge on any atom is -0.394 e. The SMILES string of the molecule is CCCC[C@](C)(CO)Nc1nc(N)nc2cc(-c3cc(=O)[nH]cc3COC)cnc12. The number of unbranched alkanes of at least 4 members (excludes halogenated alkanes) is 1. The molecule has 1 atom stereocenters. The van der Waals surface area contributed by atoms with Gasteiger partial charge in [0.05, 0.1) is 24.3 Å². The van der Waals surface area contributed by atoms with Gasteiger partial charge in [0, 0.05) is 36.7 Å². The molecule has 0 saturated heterocycles. The van der Waals surface area contributed by atoms with E-state index >= 15 is 0 Å². The van der Waals surface area contributed by atoms with Crippen LogP contribution in [0.5, 0.6) is 0 Å². The predicted octanol–water partition coefficient (Wildman–Crippen LogP) is 2.46. The number of aliphatic hydroxyl groups is 1. The monoisotopic (exact) mass is 412 g/mol. The van der Waals surface area contributed by atoms with Crippen LogP contribution in [0.4, 0.5) is 11.8 Å². The number of ether oxygens (including phenoxy) is 1. The molecule has 30 heavy (non-hydrogen) atoms. The Morgan fingerprint density at radius 1 is 1.33 bits per heavy atom. The van der Waals surface area contributed by atoms with Crippen molar-refractivity contribution in [1.29, 1.82) is 0 Å². The summed E-state index contributed by atoms with van der Waals surface area (Å²) < 4.78 is 5.23. The van der Waals surface area contributed by atoms with Crippen LogP contribution >= 0.6 is 0 Å². The van der Waals surface area contributed by atoms with Crippen molar-refractivity contribution in [2.75, 3.05) is 24.8 Å². The van der Waals surface area contributed by atoms with E-state index in [4.69, 9.17) is 10.5 Å². The van der Waals surface area contributed by atoms with Gasteiger partial charge in [-0.1, -0.05) is 19.8 Å². The highest BCUT2D eigenvalue weighted by Gasteiger charge is 2.25. The highest BCUT2D eigenvalue weighted by Crippen LogP contribution is 2.29. The number of hydrogen-bond acceptors (Lipinski definition) is 8. The number of nitrogens with zero attached hydrogens (tertiary/aromatic N) is 3. The highest BCUT2D eigenvalue weighted by molar-refractivity contribution is 5.89. The van der Waals surface area contributed by atoms with Gasteiger partial charge in [-0.25, -0.2) is 4.98 Å². The van der Waals surface area contributed by atoms with Gasteiger partial charge in [0.25, 0.3) is 0 Å². The Hall–Kier alpha value is -3.04. The molecule has 3 aromatic heterocycles. The van der Waals surface area contributed by atoms with E-state index in [-0.39, 0.29) is 18.1 Å². The van der Waals surface area contributed by atoms with E-state index in [2.05, 4.69) is 32.2 Å². The summed E-state index contributed by atoms with van der Waals surface area (Å²) in [5.41, 5.74) is 8.52. The Labute approximate surface area is 174 Å². The lowest BCUT2D eigenvalue weighted by Gasteiger charge is -2.29. The number of nitrogen functional groups attached to an aromatic ring is 1. The summed E-state index contributed by atoms with van der Waals surface area (Å²) >= 11 is 0. The minimum absolute atomic E-state index is 0.0519. The van der Waals surface area contributed by atoms with Crippen LogP contribution in [-0.2, 0) is 11.3 Å². The molecule has 160 valence electrons. The summed E-state index contributed by atoms with van der Waals surface area (Å²) in [5, 5.41) is 13.2. The summed E-state index contributed by atoms with van der Waals surface area (Å²) in [6.07, 6.45) is 6.06. The Bertz CT molecular complexity index is 1080. The zero-order valence-corrected chi connectivity index (χ0v) is 17.5. The van der Waals surface area contributed by atoms with Crippen molar-refractivity contribution in [1.82, 2.24) is 19.9 Å². The van der Waals surface area contributed by atoms with Crippen molar-refractivity contribution in [3.8, 4) is 11.1 Å². The zero-order chi connectivity index (χ0) is 21.7. The number of nitrogens with one attached hydrogen (secondary N) is 2. The van der Waals surface area contributed by atoms with Crippen LogP contribution in [0.3, 0.4) is 0 Å². The zero-order valence-electron chi connectivity index (χ0n) is 17.5. The Balaban J connectivity index is 2.07. The fourth-order valence-electron chi connectivity index (χ4n) is 3.35. The molecule has 0 aliphatic carbocycles. The number of aromatic nitrogens is 4. The number of aliphatic hydroxyl groups excluding tert-OH is 1. The second-order valence-electron chi connectivity index (χ2n) is 7.64. The molecule has 0 unspecified atom stereocenters. The molecular weight excluding hydrogens is 384 g/mol. The largest absolute Gasteiger partial charge is 0.394 e. The van der Waals surface area contributed by atoms with E-state index in [1.54, 1.807) is 19.5 Å². The van der Waals surface area contributed by atoms with Crippen LogP contribution in [0.2, 0.25) is 0 Å². The third-order valence-electron chi connectivity index (χ3n) is 5.03. The standard InChI is InChI=1S/C21H28N6O3/c1-4-5-6-21(2,12-28)27-19-18-16(25-20(22)26-19)7-13(9-24-18)15-8-17(29)23-10-14(15)11-30-3/h7-10,28H,4-6,11-12H2,1-3H3,(H,23,29)(H3,22,25,26,27)/t21-/m1/s1. The molecule has 5 N–H and O–H groups in total. The first kappa shape index (κ1) is 21.7. The molecule has 3 rings (SSSR count). The number of nitrogens with two attached hydrogens (primary N) is 1. The Morgan fingerprint density at radius 2 is 2.13 bits per heavy atom. The van der Waals surface area contributed by atoms with Crippen molar-refractivity contribution >= 4 is 22.8 Å². The lowest BCUT2D eigenvalue weighted by Crippen LogP contribution is -2.39. The van der Waals surface area contributed by atoms with E-state index < -0.39 is 5.54 Å². The molecule has 0 bridgehead atoms. The lowest BCUT2D eigenvalue weighted by atomic mass is 9.96. The third-order valence-corrected chi connectivity index (χ3v) is 5.03. The molecule has 0 spiro atoms. The number of methoxy groups -OCH3 is 1. The fraction of sp³-hybridized carbons (Fsp3) is 0.429. The van der Waals surface area contributed by atoms with E-state index in [1.807, 2.05) is 13.0 Å². The Morgan fingerprint density at radius 3 is 2.83 bits per heavy atom. The summed E-state index contributed by atoms with van der Waals surface area (Å²) in [6.45, 7) is 4.33. The maximum absolute atomic E-state index is 11.9. The van der Waals surface area contributed by atoms with Crippen LogP contribution in [0.1, 0.15) is 38.7 Å². The van der Waals surface area contributed by atoms with E-state index in [1.165, 1.54) is 6.07 Å². The van der Waals surface area contributed by atoms with Crippen molar-refractivity contribution in [3.63, 3.8) is 0 Å². The van der Waals surface area contributed by atoms with Gasteiger partial charge in [-0.2, -0.15) is 4.98 Å². The van der Waals surface area contributed by atoms with Crippen LogP contribution in [0.25, 0.3) is 22.2 Å². The summed E-state index contributed by atoms with van der Waals surface area (Å²) in [5.74, 6) is 0.572. The average Bonchev–Trinajstić information content (AvgIpc) is 2.73. The number of rotatable bonds is 9. The fourth-order valence-corrected chi connectivity index (χ4v) is 3.35. The Kier molecular flexibility index (Phi) is 6.63. The third kappa shape index (κ3) is 4.74. The quantitative estimate of drug-likeness (QED) is 0.420. The van der Waals surface area contributed by atoms with Gasteiger partial charge in [0.1, 0.15) is 5.52 Å². The van der Waals surface area contributed by atoms with E-state index in [0.717, 1.165) is 30.4 Å². The highest BCUT2D eigenvalue weighted by atomic mass is 16.5. The van der Waals surface area contributed by atoms with Crippen molar-refractivity contribution in [2.24, 2.45) is 0 Å². The minimum atomic E-state index is -0.553. The molecule has 0 amide bonds. The average molecular weight is 412 g/mol. The lowest BCUT2D eigenvalue weighted by molar-refractivity contribution is 0.185. The number of anilines is 2. The van der Waals surface area contributed by atoms with Gasteiger partial charge in [-0.15, -0.1) is 0 Å². The second kappa shape index (κ2) is 9.19. The van der Waals surface area contributed by atoms with Crippen LogP contribution in [-0.4, -0.2) is 44.3 Å². The van der Waals surface area contributed by atoms with Crippen LogP contribution in [0, 0.1) is 0 Å². The molecule has 0 aliphatic rings. The van der Waals surface area contributed by atoms with E-state index in [9.17, 15) is 9.90 Å². The van der Waals surface area contributed by atoms with Gasteiger partial charge < -0.3 is 25.9 Å². The normalized spacial score (nSPS) is 13.3. The molecule has 0 fully saturated rings. The van der Waals surface area contributed by atoms with Gasteiger partial charge >= 0.3 is 0 Å². The van der Waals surface area contributed by atoms with Gasteiger partial charge in [-0.05, 0) is 25.0 Å². The van der Waals surface area contributed by atoms with Crippen LogP contribution in [0.15, 0.2) is 29.3 Å². The number of fused-ring (bicyclic) bond motifs is 1. The number of aromatic amines is 1. The number of H-pyrrole nitrogens is 1. The molecule has 0 radical (unpaired) electrons. The maximum atomic E-state index is 11.9. The summed E-state index contributed by atoms with van der Waals surface area (Å²) in [7, 11) is 1.59. The number of pyridine rings is 2. The van der Waals surface area contributed by atoms with Crippen molar-refractivity contribution < 1.29 is 9.84 Å². The summed E-state index contributed by atoms with van der Waals surface area (Å²) in [4.78, 5) is 27.7. The molecule has 0 aromatic carbocycles. The first-order valence-corrected chi connectivity index (χ1v) is 9.92. The molecular formula is C21H28N6O3. The molecule has 3 aromatic rings. The first-order chi connectivity index (χ1) is 14.4. The van der Waals surface area contributed by atoms with Crippen molar-refractivity contribution in [3.05, 3.63) is 40.4 Å². The van der Waals surface area contributed by atoms with Crippen LogP contribution < -0.4 is 16.6 Å². The molecule has 0 aliphatic heterocycles. The van der Waals surface area contributed by atoms with Crippen molar-refractivity contribution in [2.45, 2.75) is 45.3 Å². The number of hydrogen-bond donors (Lipinski definition) is 4. The van der Waals surface area contributed by atoms with Gasteiger partial charge in [0.2, 0.25) is 11.5 Å². The topological polar surface area (TPSA) is 139 Å². The van der Waals surface area contributed by atoms with Gasteiger partial charge in [0.15, 0.2) is 5.82 Å². The predicted molar refractivity (Wildman–Crippen MR) is 117 cm³/mol. The summed E-state index contributed by atoms with van der Waals surface area (Å²) in [6, 6.07) is 3.33. The van der Waals surface area contributed by atoms with E-state index in [0.29, 0.717) is 29.0 Å². The first-order valence-electron chi connectivity index (χ1n) is 9.92. The molecule has 9 heteroatoms. The smallest absolute Gasteiger partial charge is 0.248 e. The maximum Gasteiger partial charge on any atom is 0.248 e.